The highest BCUT2D eigenvalue weighted by Crippen LogP contribution is 2.23. The molecule has 0 fully saturated rings. The zero-order chi connectivity index (χ0) is 10.9. The van der Waals surface area contributed by atoms with E-state index < -0.39 is 6.10 Å². The minimum Gasteiger partial charge on any atom is -0.385 e. The summed E-state index contributed by atoms with van der Waals surface area (Å²) in [5.74, 6) is 0.277. The van der Waals surface area contributed by atoms with E-state index in [0.29, 0.717) is 0 Å². The Hall–Kier alpha value is -0.800. The number of aryl methyl sites for hydroxylation is 2. The van der Waals surface area contributed by atoms with Crippen LogP contribution in [0.2, 0.25) is 0 Å². The van der Waals surface area contributed by atoms with Crippen LogP contribution >= 0.6 is 0 Å². The van der Waals surface area contributed by atoms with E-state index in [0.717, 1.165) is 11.3 Å². The molecule has 1 aromatic rings. The second-order valence-corrected chi connectivity index (χ2v) is 4.26. The van der Waals surface area contributed by atoms with Gasteiger partial charge in [0.1, 0.15) is 6.10 Å². The van der Waals surface area contributed by atoms with Crippen molar-refractivity contribution in [3.05, 3.63) is 23.5 Å². The van der Waals surface area contributed by atoms with E-state index in [1.54, 1.807) is 0 Å². The van der Waals surface area contributed by atoms with Gasteiger partial charge in [-0.05, 0) is 24.5 Å². The van der Waals surface area contributed by atoms with Crippen molar-refractivity contribution in [3.8, 4) is 0 Å². The Morgan fingerprint density at radius 3 is 2.36 bits per heavy atom. The van der Waals surface area contributed by atoms with E-state index in [1.807, 2.05) is 44.6 Å². The maximum absolute atomic E-state index is 10.1. The first-order valence-electron chi connectivity index (χ1n) is 5.00. The third-order valence-electron chi connectivity index (χ3n) is 2.75. The van der Waals surface area contributed by atoms with Crippen molar-refractivity contribution in [3.63, 3.8) is 0 Å². The molecule has 1 heterocycles. The molecule has 0 amide bonds. The fraction of sp³-hybridized carbons (Fsp3) is 0.636. The first-order chi connectivity index (χ1) is 6.45. The minimum absolute atomic E-state index is 0.206. The average Bonchev–Trinajstić information content (AvgIpc) is 2.44. The molecule has 0 aliphatic heterocycles. The summed E-state index contributed by atoms with van der Waals surface area (Å²) in [6.45, 7) is 6.03. The van der Waals surface area contributed by atoms with Gasteiger partial charge >= 0.3 is 0 Å². The highest BCUT2D eigenvalue weighted by atomic mass is 16.3. The molecule has 1 aromatic heterocycles. The number of rotatable bonds is 3. The van der Waals surface area contributed by atoms with Crippen LogP contribution in [0.1, 0.15) is 31.2 Å². The Labute approximate surface area is 85.5 Å². The number of aromatic nitrogens is 1. The van der Waals surface area contributed by atoms with Crippen LogP contribution < -0.4 is 5.73 Å². The summed E-state index contributed by atoms with van der Waals surface area (Å²) in [5.41, 5.74) is 7.94. The summed E-state index contributed by atoms with van der Waals surface area (Å²) in [6.07, 6.45) is 1.37. The molecule has 2 unspecified atom stereocenters. The molecule has 0 aliphatic carbocycles. The molecule has 3 N–H and O–H groups in total. The topological polar surface area (TPSA) is 51.2 Å². The first kappa shape index (κ1) is 11.3. The molecular formula is C11H20N2O. The lowest BCUT2D eigenvalue weighted by Crippen LogP contribution is -2.34. The molecule has 0 aromatic carbocycles. The van der Waals surface area contributed by atoms with Crippen molar-refractivity contribution in [1.82, 2.24) is 4.57 Å². The van der Waals surface area contributed by atoms with E-state index >= 15 is 0 Å². The molecule has 0 bridgehead atoms. The quantitative estimate of drug-likeness (QED) is 0.766. The van der Waals surface area contributed by atoms with Crippen LogP contribution in [-0.4, -0.2) is 15.7 Å². The zero-order valence-corrected chi connectivity index (χ0v) is 9.36. The maximum atomic E-state index is 10.1. The van der Waals surface area contributed by atoms with Crippen LogP contribution in [0.3, 0.4) is 0 Å². The zero-order valence-electron chi connectivity index (χ0n) is 9.36. The van der Waals surface area contributed by atoms with Gasteiger partial charge in [0.05, 0.1) is 5.69 Å². The van der Waals surface area contributed by atoms with Gasteiger partial charge in [0.15, 0.2) is 0 Å². The number of nitrogens with zero attached hydrogens (tertiary/aromatic N) is 1. The molecule has 0 spiro atoms. The molecular weight excluding hydrogens is 176 g/mol. The Bertz CT molecular complexity index is 285. The molecule has 0 aliphatic rings. The lowest BCUT2D eigenvalue weighted by molar-refractivity contribution is 0.118. The number of hydrogen-bond donors (Lipinski definition) is 2. The second kappa shape index (κ2) is 4.15. The lowest BCUT2D eigenvalue weighted by atomic mass is 9.96. The van der Waals surface area contributed by atoms with Gasteiger partial charge < -0.3 is 15.4 Å². The van der Waals surface area contributed by atoms with Gasteiger partial charge in [-0.15, -0.1) is 0 Å². The van der Waals surface area contributed by atoms with E-state index in [1.165, 1.54) is 0 Å². The van der Waals surface area contributed by atoms with Gasteiger partial charge in [0, 0.05) is 19.3 Å². The predicted octanol–water partition coefficient (Wildman–Crippen LogP) is 1.35. The fourth-order valence-corrected chi connectivity index (χ4v) is 1.66. The highest BCUT2D eigenvalue weighted by Gasteiger charge is 2.23. The summed E-state index contributed by atoms with van der Waals surface area (Å²) < 4.78 is 1.93. The Morgan fingerprint density at radius 1 is 1.43 bits per heavy atom. The smallest absolute Gasteiger partial charge is 0.109 e. The predicted molar refractivity (Wildman–Crippen MR) is 57.9 cm³/mol. The summed E-state index contributed by atoms with van der Waals surface area (Å²) >= 11 is 0. The second-order valence-electron chi connectivity index (χ2n) is 4.26. The molecule has 0 radical (unpaired) electrons. The maximum Gasteiger partial charge on any atom is 0.109 e. The van der Waals surface area contributed by atoms with Gasteiger partial charge in [0.25, 0.3) is 0 Å². The highest BCUT2D eigenvalue weighted by molar-refractivity contribution is 5.23. The summed E-state index contributed by atoms with van der Waals surface area (Å²) in [6, 6.07) is 1.79. The van der Waals surface area contributed by atoms with E-state index in [-0.39, 0.29) is 12.0 Å². The number of nitrogens with two attached hydrogens (primary N) is 1. The van der Waals surface area contributed by atoms with Gasteiger partial charge in [-0.2, -0.15) is 0 Å². The van der Waals surface area contributed by atoms with Crippen LogP contribution in [0.25, 0.3) is 0 Å². The van der Waals surface area contributed by atoms with Crippen molar-refractivity contribution in [2.75, 3.05) is 0 Å². The van der Waals surface area contributed by atoms with Crippen LogP contribution in [0, 0.1) is 12.8 Å². The lowest BCUT2D eigenvalue weighted by Gasteiger charge is -2.23. The number of aliphatic hydroxyl groups excluding tert-OH is 1. The van der Waals surface area contributed by atoms with E-state index in [2.05, 4.69) is 0 Å². The van der Waals surface area contributed by atoms with Crippen molar-refractivity contribution >= 4 is 0 Å². The first-order valence-corrected chi connectivity index (χ1v) is 5.00. The molecule has 80 valence electrons. The average molecular weight is 196 g/mol. The van der Waals surface area contributed by atoms with Crippen molar-refractivity contribution in [2.24, 2.45) is 18.7 Å². The van der Waals surface area contributed by atoms with Crippen LogP contribution in [0.5, 0.6) is 0 Å². The number of aliphatic hydroxyl groups is 1. The van der Waals surface area contributed by atoms with E-state index in [4.69, 9.17) is 5.73 Å². The number of hydrogen-bond acceptors (Lipinski definition) is 2. The molecule has 3 heteroatoms. The van der Waals surface area contributed by atoms with Crippen molar-refractivity contribution < 1.29 is 5.11 Å². The van der Waals surface area contributed by atoms with Crippen LogP contribution in [0.15, 0.2) is 12.3 Å². The van der Waals surface area contributed by atoms with Gasteiger partial charge in [-0.3, -0.25) is 0 Å². The van der Waals surface area contributed by atoms with Crippen molar-refractivity contribution in [2.45, 2.75) is 32.9 Å². The molecule has 2 atom stereocenters. The summed E-state index contributed by atoms with van der Waals surface area (Å²) in [5, 5.41) is 10.1. The third-order valence-corrected chi connectivity index (χ3v) is 2.75. The van der Waals surface area contributed by atoms with E-state index in [9.17, 15) is 5.11 Å². The fourth-order valence-electron chi connectivity index (χ4n) is 1.66. The molecule has 0 saturated heterocycles. The van der Waals surface area contributed by atoms with Gasteiger partial charge in [0.2, 0.25) is 0 Å². The Morgan fingerprint density at radius 2 is 2.00 bits per heavy atom. The molecule has 3 nitrogen and oxygen atoms in total. The van der Waals surface area contributed by atoms with Gasteiger partial charge in [-0.25, -0.2) is 0 Å². The monoisotopic (exact) mass is 196 g/mol. The van der Waals surface area contributed by atoms with Gasteiger partial charge in [-0.1, -0.05) is 13.8 Å². The molecule has 1 rings (SSSR count). The molecule has 14 heavy (non-hydrogen) atoms. The molecule has 0 saturated carbocycles. The van der Waals surface area contributed by atoms with Crippen LogP contribution in [-0.2, 0) is 7.05 Å². The SMILES string of the molecule is Cc1ccn(C)c1C(O)C(N)C(C)C. The standard InChI is InChI=1S/C11H20N2O/c1-7(2)9(12)11(14)10-8(3)5-6-13(10)4/h5-7,9,11,14H,12H2,1-4H3. The largest absolute Gasteiger partial charge is 0.385 e. The Kier molecular flexibility index (Phi) is 3.34. The third kappa shape index (κ3) is 1.99. The summed E-state index contributed by atoms with van der Waals surface area (Å²) in [7, 11) is 1.93. The normalized spacial score (nSPS) is 15.9. The minimum atomic E-state index is -0.574. The summed E-state index contributed by atoms with van der Waals surface area (Å²) in [4.78, 5) is 0. The van der Waals surface area contributed by atoms with Crippen LogP contribution in [0.4, 0.5) is 0 Å². The Balaban J connectivity index is 2.94. The van der Waals surface area contributed by atoms with Crippen molar-refractivity contribution in [1.29, 1.82) is 0 Å².